The van der Waals surface area contributed by atoms with Crippen molar-refractivity contribution < 1.29 is 9.31 Å². The highest BCUT2D eigenvalue weighted by Crippen LogP contribution is 2.56. The van der Waals surface area contributed by atoms with Gasteiger partial charge in [0.05, 0.1) is 16.6 Å². The van der Waals surface area contributed by atoms with Gasteiger partial charge >= 0.3 is 7.12 Å². The van der Waals surface area contributed by atoms with E-state index in [9.17, 15) is 0 Å². The highest BCUT2D eigenvalue weighted by atomic mass is 16.7. The first-order valence-electron chi connectivity index (χ1n) is 13.5. The van der Waals surface area contributed by atoms with E-state index >= 15 is 0 Å². The SMILES string of the molecule is CC1(C)OB(c2ccc3c(c2)C(c2ccccc2)(c2ccc4ccccc4c2)c2ccccc2-3)OC1(C)C. The molecule has 1 atom stereocenters. The van der Waals surface area contributed by atoms with E-state index in [4.69, 9.17) is 9.31 Å². The summed E-state index contributed by atoms with van der Waals surface area (Å²) in [5.74, 6) is 0. The normalized spacial score (nSPS) is 20.9. The van der Waals surface area contributed by atoms with Gasteiger partial charge in [-0.1, -0.05) is 109 Å². The maximum absolute atomic E-state index is 6.50. The fraction of sp³-hybridized carbons (Fsp3) is 0.200. The maximum atomic E-state index is 6.50. The molecule has 1 unspecified atom stereocenters. The summed E-state index contributed by atoms with van der Waals surface area (Å²) in [4.78, 5) is 0. The lowest BCUT2D eigenvalue weighted by Gasteiger charge is -2.34. The summed E-state index contributed by atoms with van der Waals surface area (Å²) >= 11 is 0. The third-order valence-electron chi connectivity index (χ3n) is 8.98. The fourth-order valence-corrected chi connectivity index (χ4v) is 6.32. The zero-order chi connectivity index (χ0) is 26.1. The molecular weight excluding hydrogens is 463 g/mol. The van der Waals surface area contributed by atoms with Crippen LogP contribution in [-0.4, -0.2) is 18.3 Å². The molecule has 1 fully saturated rings. The van der Waals surface area contributed by atoms with E-state index in [1.165, 1.54) is 44.2 Å². The number of benzene rings is 5. The van der Waals surface area contributed by atoms with Crippen LogP contribution in [0.3, 0.4) is 0 Å². The minimum absolute atomic E-state index is 0.394. The van der Waals surface area contributed by atoms with Crippen LogP contribution >= 0.6 is 0 Å². The minimum Gasteiger partial charge on any atom is -0.399 e. The Hall–Kier alpha value is -3.66. The summed E-state index contributed by atoms with van der Waals surface area (Å²) in [6.45, 7) is 8.44. The molecule has 0 N–H and O–H groups in total. The van der Waals surface area contributed by atoms with Gasteiger partial charge in [0, 0.05) is 0 Å². The summed E-state index contributed by atoms with van der Waals surface area (Å²) in [7, 11) is -0.418. The molecule has 0 aromatic heterocycles. The van der Waals surface area contributed by atoms with E-state index in [1.807, 2.05) is 0 Å². The highest BCUT2D eigenvalue weighted by Gasteiger charge is 2.53. The molecule has 1 aliphatic carbocycles. The predicted molar refractivity (Wildman–Crippen MR) is 157 cm³/mol. The van der Waals surface area contributed by atoms with Gasteiger partial charge in [-0.3, -0.25) is 0 Å². The highest BCUT2D eigenvalue weighted by molar-refractivity contribution is 6.62. The Morgan fingerprint density at radius 3 is 1.89 bits per heavy atom. The lowest BCUT2D eigenvalue weighted by atomic mass is 9.66. The van der Waals surface area contributed by atoms with Gasteiger partial charge in [-0.2, -0.15) is 0 Å². The minimum atomic E-state index is -0.461. The standard InChI is InChI=1S/C35H31BO2/c1-33(2)34(3,4)38-36(37-33)28-20-21-30-29-16-10-11-17-31(29)35(32(30)23-28,26-14-6-5-7-15-26)27-19-18-24-12-8-9-13-25(24)22-27/h5-23H,1-4H3. The second kappa shape index (κ2) is 8.17. The smallest absolute Gasteiger partial charge is 0.399 e. The molecule has 0 radical (unpaired) electrons. The molecule has 5 aromatic rings. The van der Waals surface area contributed by atoms with Crippen LogP contribution in [0.2, 0.25) is 0 Å². The molecule has 2 nitrogen and oxygen atoms in total. The number of hydrogen-bond donors (Lipinski definition) is 0. The van der Waals surface area contributed by atoms with Crippen LogP contribution in [0.15, 0.2) is 115 Å². The van der Waals surface area contributed by atoms with Gasteiger partial charge in [-0.05, 0) is 83.4 Å². The summed E-state index contributed by atoms with van der Waals surface area (Å²) < 4.78 is 13.0. The first-order valence-corrected chi connectivity index (χ1v) is 13.5. The molecule has 1 aliphatic heterocycles. The predicted octanol–water partition coefficient (Wildman–Crippen LogP) is 7.50. The van der Waals surface area contributed by atoms with Gasteiger partial charge in [-0.15, -0.1) is 0 Å². The van der Waals surface area contributed by atoms with Gasteiger partial charge < -0.3 is 9.31 Å². The Labute approximate surface area is 225 Å². The van der Waals surface area contributed by atoms with Crippen molar-refractivity contribution in [2.45, 2.75) is 44.3 Å². The molecule has 0 bridgehead atoms. The molecule has 38 heavy (non-hydrogen) atoms. The van der Waals surface area contributed by atoms with Crippen LogP contribution in [0, 0.1) is 0 Å². The maximum Gasteiger partial charge on any atom is 0.494 e. The molecule has 1 heterocycles. The fourth-order valence-electron chi connectivity index (χ4n) is 6.32. The van der Waals surface area contributed by atoms with Crippen LogP contribution in [0.25, 0.3) is 21.9 Å². The molecule has 5 aromatic carbocycles. The van der Waals surface area contributed by atoms with Crippen molar-refractivity contribution in [3.8, 4) is 11.1 Å². The number of fused-ring (bicyclic) bond motifs is 4. The molecule has 186 valence electrons. The number of hydrogen-bond acceptors (Lipinski definition) is 2. The molecule has 3 heteroatoms. The Kier molecular flexibility index (Phi) is 5.04. The van der Waals surface area contributed by atoms with Crippen molar-refractivity contribution in [3.05, 3.63) is 138 Å². The van der Waals surface area contributed by atoms with Gasteiger partial charge in [0.2, 0.25) is 0 Å². The first kappa shape index (κ1) is 23.5. The summed E-state index contributed by atoms with van der Waals surface area (Å²) in [6, 6.07) is 42.1. The molecular formula is C35H31BO2. The molecule has 0 spiro atoms. The zero-order valence-corrected chi connectivity index (χ0v) is 22.4. The quantitative estimate of drug-likeness (QED) is 0.237. The van der Waals surface area contributed by atoms with Crippen molar-refractivity contribution in [2.24, 2.45) is 0 Å². The van der Waals surface area contributed by atoms with Crippen LogP contribution < -0.4 is 5.46 Å². The van der Waals surface area contributed by atoms with Crippen LogP contribution in [-0.2, 0) is 14.7 Å². The van der Waals surface area contributed by atoms with Gasteiger partial charge in [0.15, 0.2) is 0 Å². The van der Waals surface area contributed by atoms with Gasteiger partial charge in [0.1, 0.15) is 0 Å². The van der Waals surface area contributed by atoms with Crippen molar-refractivity contribution in [1.29, 1.82) is 0 Å². The Bertz CT molecular complexity index is 1670. The zero-order valence-electron chi connectivity index (χ0n) is 22.4. The monoisotopic (exact) mass is 494 g/mol. The molecule has 0 amide bonds. The average Bonchev–Trinajstić information content (AvgIpc) is 3.35. The van der Waals surface area contributed by atoms with Crippen LogP contribution in [0.5, 0.6) is 0 Å². The Morgan fingerprint density at radius 2 is 1.13 bits per heavy atom. The number of rotatable bonds is 3. The average molecular weight is 494 g/mol. The van der Waals surface area contributed by atoms with Crippen molar-refractivity contribution in [2.75, 3.05) is 0 Å². The van der Waals surface area contributed by atoms with E-state index in [0.29, 0.717) is 0 Å². The van der Waals surface area contributed by atoms with Gasteiger partial charge in [-0.25, -0.2) is 0 Å². The lowest BCUT2D eigenvalue weighted by molar-refractivity contribution is 0.00578. The van der Waals surface area contributed by atoms with Gasteiger partial charge in [0.25, 0.3) is 0 Å². The summed E-state index contributed by atoms with van der Waals surface area (Å²) in [6.07, 6.45) is 0. The van der Waals surface area contributed by atoms with Crippen LogP contribution in [0.4, 0.5) is 0 Å². The molecule has 7 rings (SSSR count). The van der Waals surface area contributed by atoms with Crippen molar-refractivity contribution >= 4 is 23.4 Å². The molecule has 0 saturated carbocycles. The Morgan fingerprint density at radius 1 is 0.500 bits per heavy atom. The van der Waals surface area contributed by atoms with E-state index in [0.717, 1.165) is 5.46 Å². The second-order valence-electron chi connectivity index (χ2n) is 11.6. The summed E-state index contributed by atoms with van der Waals surface area (Å²) in [5, 5.41) is 2.49. The van der Waals surface area contributed by atoms with E-state index < -0.39 is 23.7 Å². The van der Waals surface area contributed by atoms with E-state index in [2.05, 4.69) is 143 Å². The van der Waals surface area contributed by atoms with Crippen molar-refractivity contribution in [3.63, 3.8) is 0 Å². The topological polar surface area (TPSA) is 18.5 Å². The second-order valence-corrected chi connectivity index (χ2v) is 11.6. The molecule has 2 aliphatic rings. The van der Waals surface area contributed by atoms with E-state index in [-0.39, 0.29) is 0 Å². The lowest BCUT2D eigenvalue weighted by Crippen LogP contribution is -2.41. The third kappa shape index (κ3) is 3.22. The van der Waals surface area contributed by atoms with Crippen molar-refractivity contribution in [1.82, 2.24) is 0 Å². The van der Waals surface area contributed by atoms with E-state index in [1.54, 1.807) is 0 Å². The first-order chi connectivity index (χ1) is 18.3. The van der Waals surface area contributed by atoms with Crippen LogP contribution in [0.1, 0.15) is 49.9 Å². The summed E-state index contributed by atoms with van der Waals surface area (Å²) in [5.41, 5.74) is 7.44. The Balaban J connectivity index is 1.53. The molecule has 1 saturated heterocycles. The third-order valence-corrected chi connectivity index (χ3v) is 8.98. The largest absolute Gasteiger partial charge is 0.494 e.